The van der Waals surface area contributed by atoms with Crippen LogP contribution >= 0.6 is 11.3 Å². The zero-order chi connectivity index (χ0) is 18.8. The van der Waals surface area contributed by atoms with Gasteiger partial charge in [-0.15, -0.1) is 0 Å². The lowest BCUT2D eigenvalue weighted by Gasteiger charge is -2.32. The summed E-state index contributed by atoms with van der Waals surface area (Å²) < 4.78 is 14.1. The lowest BCUT2D eigenvalue weighted by molar-refractivity contribution is 0.103. The Hall–Kier alpha value is -2.78. The molecule has 2 N–H and O–H groups in total. The number of amides is 1. The first-order chi connectivity index (χ1) is 13.1. The molecule has 0 spiro atoms. The second-order valence-electron chi connectivity index (χ2n) is 6.39. The predicted molar refractivity (Wildman–Crippen MR) is 104 cm³/mol. The number of hydrogen-bond acceptors (Lipinski definition) is 6. The van der Waals surface area contributed by atoms with Gasteiger partial charge in [0.25, 0.3) is 5.91 Å². The van der Waals surface area contributed by atoms with Crippen LogP contribution in [0.15, 0.2) is 36.7 Å². The highest BCUT2D eigenvalue weighted by Gasteiger charge is 2.20. The number of nitrogens with zero attached hydrogens (tertiary/aromatic N) is 4. The number of aromatic nitrogens is 3. The van der Waals surface area contributed by atoms with E-state index in [0.29, 0.717) is 21.8 Å². The van der Waals surface area contributed by atoms with Crippen molar-refractivity contribution in [3.05, 3.63) is 47.4 Å². The smallest absolute Gasteiger partial charge is 0.267 e. The van der Waals surface area contributed by atoms with Crippen molar-refractivity contribution in [1.82, 2.24) is 20.1 Å². The van der Waals surface area contributed by atoms with E-state index in [4.69, 9.17) is 0 Å². The Balaban J connectivity index is 1.50. The molecule has 7 nitrogen and oxygen atoms in total. The Bertz CT molecular complexity index is 947. The number of carbonyl (C=O) groups is 1. The topological polar surface area (TPSA) is 77.2 Å². The summed E-state index contributed by atoms with van der Waals surface area (Å²) in [5.41, 5.74) is 1.22. The van der Waals surface area contributed by atoms with Crippen molar-refractivity contribution >= 4 is 28.1 Å². The third-order valence-corrected chi connectivity index (χ3v) is 5.58. The summed E-state index contributed by atoms with van der Waals surface area (Å²) in [6, 6.07) is 6.35. The van der Waals surface area contributed by atoms with Crippen LogP contribution in [0.25, 0.3) is 11.3 Å². The fraction of sp³-hybridized carbons (Fsp3) is 0.278. The quantitative estimate of drug-likeness (QED) is 0.721. The average molecular weight is 386 g/mol. The third kappa shape index (κ3) is 3.69. The van der Waals surface area contributed by atoms with Gasteiger partial charge in [0.1, 0.15) is 10.7 Å². The molecule has 0 unspecified atom stereocenters. The molecule has 9 heteroatoms. The number of piperazine rings is 1. The van der Waals surface area contributed by atoms with Gasteiger partial charge in [0.2, 0.25) is 0 Å². The van der Waals surface area contributed by atoms with E-state index < -0.39 is 0 Å². The second kappa shape index (κ2) is 7.45. The minimum absolute atomic E-state index is 0.285. The molecule has 0 bridgehead atoms. The number of aromatic amines is 1. The van der Waals surface area contributed by atoms with Crippen LogP contribution in [-0.4, -0.2) is 59.2 Å². The van der Waals surface area contributed by atoms with Crippen LogP contribution in [0.5, 0.6) is 0 Å². The van der Waals surface area contributed by atoms with Gasteiger partial charge in [-0.05, 0) is 19.2 Å². The molecule has 3 aromatic rings. The third-order valence-electron chi connectivity index (χ3n) is 4.52. The first kappa shape index (κ1) is 17.6. The van der Waals surface area contributed by atoms with Crippen molar-refractivity contribution < 1.29 is 9.18 Å². The fourth-order valence-electron chi connectivity index (χ4n) is 2.95. The van der Waals surface area contributed by atoms with Gasteiger partial charge >= 0.3 is 0 Å². The number of hydrogen-bond donors (Lipinski definition) is 2. The van der Waals surface area contributed by atoms with Gasteiger partial charge in [0, 0.05) is 31.7 Å². The molecule has 4 rings (SSSR count). The molecule has 1 aromatic carbocycles. The Morgan fingerprint density at radius 1 is 1.22 bits per heavy atom. The lowest BCUT2D eigenvalue weighted by atomic mass is 10.1. The summed E-state index contributed by atoms with van der Waals surface area (Å²) >= 11 is 1.35. The molecule has 1 aliphatic rings. The van der Waals surface area contributed by atoms with Gasteiger partial charge in [-0.1, -0.05) is 23.5 Å². The van der Waals surface area contributed by atoms with Gasteiger partial charge < -0.3 is 15.1 Å². The molecule has 0 radical (unpaired) electrons. The number of rotatable bonds is 4. The average Bonchev–Trinajstić information content (AvgIpc) is 3.32. The van der Waals surface area contributed by atoms with E-state index in [1.807, 2.05) is 0 Å². The van der Waals surface area contributed by atoms with E-state index >= 15 is 0 Å². The van der Waals surface area contributed by atoms with Crippen LogP contribution in [0, 0.1) is 5.82 Å². The van der Waals surface area contributed by atoms with Crippen LogP contribution in [0.3, 0.4) is 0 Å². The zero-order valence-electron chi connectivity index (χ0n) is 14.8. The molecule has 1 saturated heterocycles. The summed E-state index contributed by atoms with van der Waals surface area (Å²) in [6.45, 7) is 3.73. The lowest BCUT2D eigenvalue weighted by Crippen LogP contribution is -2.44. The summed E-state index contributed by atoms with van der Waals surface area (Å²) in [5.74, 6) is -0.667. The summed E-state index contributed by atoms with van der Waals surface area (Å²) in [4.78, 5) is 22.0. The first-order valence-electron chi connectivity index (χ1n) is 8.61. The van der Waals surface area contributed by atoms with Crippen LogP contribution in [0.1, 0.15) is 9.67 Å². The fourth-order valence-corrected chi connectivity index (χ4v) is 3.81. The molecule has 1 fully saturated rings. The predicted octanol–water partition coefficient (Wildman–Crippen LogP) is 2.68. The molecule has 2 aromatic heterocycles. The number of carbonyl (C=O) groups excluding carboxylic acids is 1. The largest absolute Gasteiger partial charge is 0.346 e. The monoisotopic (exact) mass is 386 g/mol. The number of anilines is 2. The molecule has 3 heterocycles. The van der Waals surface area contributed by atoms with E-state index in [1.54, 1.807) is 24.4 Å². The maximum absolute atomic E-state index is 14.1. The number of thiazole rings is 1. The van der Waals surface area contributed by atoms with Crippen molar-refractivity contribution in [2.45, 2.75) is 0 Å². The van der Waals surface area contributed by atoms with Gasteiger partial charge in [-0.25, -0.2) is 9.37 Å². The number of halogens is 1. The SMILES string of the molecule is CN1CCN(c2ncc(C(=O)Nc3cn[nH]c3-c3ccccc3F)s2)CC1. The first-order valence-corrected chi connectivity index (χ1v) is 9.42. The molecular weight excluding hydrogens is 367 g/mol. The molecule has 0 aliphatic carbocycles. The Labute approximate surface area is 159 Å². The number of likely N-dealkylation sites (N-methyl/N-ethyl adjacent to an activating group) is 1. The highest BCUT2D eigenvalue weighted by atomic mass is 32.1. The van der Waals surface area contributed by atoms with E-state index in [1.165, 1.54) is 23.6 Å². The van der Waals surface area contributed by atoms with Crippen molar-refractivity contribution in [1.29, 1.82) is 0 Å². The zero-order valence-corrected chi connectivity index (χ0v) is 15.6. The highest BCUT2D eigenvalue weighted by Crippen LogP contribution is 2.29. The number of nitrogens with one attached hydrogen (secondary N) is 2. The van der Waals surface area contributed by atoms with Gasteiger partial charge in [0.05, 0.1) is 23.8 Å². The molecular formula is C18H19FN6OS. The molecule has 0 saturated carbocycles. The van der Waals surface area contributed by atoms with E-state index in [-0.39, 0.29) is 11.7 Å². The normalized spacial score (nSPS) is 15.1. The number of benzene rings is 1. The van der Waals surface area contributed by atoms with Gasteiger partial charge in [-0.2, -0.15) is 5.10 Å². The Morgan fingerprint density at radius 2 is 2.00 bits per heavy atom. The van der Waals surface area contributed by atoms with E-state index in [9.17, 15) is 9.18 Å². The van der Waals surface area contributed by atoms with E-state index in [2.05, 4.69) is 37.3 Å². The van der Waals surface area contributed by atoms with Crippen LogP contribution in [0.2, 0.25) is 0 Å². The van der Waals surface area contributed by atoms with Crippen molar-refractivity contribution in [3.8, 4) is 11.3 Å². The Kier molecular flexibility index (Phi) is 4.87. The molecule has 27 heavy (non-hydrogen) atoms. The molecule has 1 amide bonds. The van der Waals surface area contributed by atoms with Crippen LogP contribution < -0.4 is 10.2 Å². The standard InChI is InChI=1S/C18H19FN6OS/c1-24-6-8-25(9-7-24)18-20-11-15(27-18)17(26)22-14-10-21-23-16(14)12-4-2-3-5-13(12)19/h2-5,10-11H,6-9H2,1H3,(H,21,23)(H,22,26). The minimum atomic E-state index is -0.382. The summed E-state index contributed by atoms with van der Waals surface area (Å²) in [6.07, 6.45) is 3.05. The Morgan fingerprint density at radius 3 is 2.78 bits per heavy atom. The van der Waals surface area contributed by atoms with Gasteiger partial charge in [-0.3, -0.25) is 9.89 Å². The molecule has 1 aliphatic heterocycles. The molecule has 140 valence electrons. The highest BCUT2D eigenvalue weighted by molar-refractivity contribution is 7.17. The van der Waals surface area contributed by atoms with Crippen molar-refractivity contribution in [2.75, 3.05) is 43.4 Å². The maximum Gasteiger partial charge on any atom is 0.267 e. The number of H-pyrrole nitrogens is 1. The maximum atomic E-state index is 14.1. The van der Waals surface area contributed by atoms with Gasteiger partial charge in [0.15, 0.2) is 5.13 Å². The van der Waals surface area contributed by atoms with Crippen LogP contribution in [0.4, 0.5) is 15.2 Å². The van der Waals surface area contributed by atoms with E-state index in [0.717, 1.165) is 31.3 Å². The van der Waals surface area contributed by atoms with Crippen molar-refractivity contribution in [3.63, 3.8) is 0 Å². The van der Waals surface area contributed by atoms with Crippen molar-refractivity contribution in [2.24, 2.45) is 0 Å². The summed E-state index contributed by atoms with van der Waals surface area (Å²) in [5, 5.41) is 10.3. The summed E-state index contributed by atoms with van der Waals surface area (Å²) in [7, 11) is 2.09. The second-order valence-corrected chi connectivity index (χ2v) is 7.40. The van der Waals surface area contributed by atoms with Crippen LogP contribution in [-0.2, 0) is 0 Å². The molecule has 0 atom stereocenters. The minimum Gasteiger partial charge on any atom is -0.346 e.